The van der Waals surface area contributed by atoms with E-state index < -0.39 is 0 Å². The van der Waals surface area contributed by atoms with Gasteiger partial charge < -0.3 is 0 Å². The van der Waals surface area contributed by atoms with Gasteiger partial charge in [-0.25, -0.2) is 0 Å². The van der Waals surface area contributed by atoms with Gasteiger partial charge in [-0.2, -0.15) is 0 Å². The standard InChI is InChI=1S/C21H34O/c1-2-3-4-5-6-7-8-9-10-11-12-13-15-20-16-14-17-21(18-20)19-22/h14,16-19H,2-13,15H2,1H3. The SMILES string of the molecule is CCCCCCCCCCCCCCc1cccc(C=O)c1. The highest BCUT2D eigenvalue weighted by molar-refractivity contribution is 5.74. The minimum atomic E-state index is 0.802. The van der Waals surface area contributed by atoms with Crippen LogP contribution < -0.4 is 0 Å². The predicted molar refractivity (Wildman–Crippen MR) is 96.6 cm³/mol. The number of carbonyl (C=O) groups excluding carboxylic acids is 1. The molecule has 1 heteroatoms. The number of aryl methyl sites for hydroxylation is 1. The van der Waals surface area contributed by atoms with Crippen LogP contribution in [0.4, 0.5) is 0 Å². The highest BCUT2D eigenvalue weighted by Crippen LogP contribution is 2.13. The molecule has 0 N–H and O–H groups in total. The van der Waals surface area contributed by atoms with E-state index in [0.717, 1.165) is 18.3 Å². The smallest absolute Gasteiger partial charge is 0.150 e. The Bertz CT molecular complexity index is 383. The van der Waals surface area contributed by atoms with E-state index in [0.29, 0.717) is 0 Å². The Morgan fingerprint density at radius 3 is 1.86 bits per heavy atom. The molecule has 0 bridgehead atoms. The summed E-state index contributed by atoms with van der Waals surface area (Å²) >= 11 is 0. The fraction of sp³-hybridized carbons (Fsp3) is 0.667. The number of carbonyl (C=O) groups is 1. The molecule has 0 unspecified atom stereocenters. The first-order chi connectivity index (χ1) is 10.9. The summed E-state index contributed by atoms with van der Waals surface area (Å²) in [6.07, 6.45) is 18.7. The van der Waals surface area contributed by atoms with E-state index in [2.05, 4.69) is 13.0 Å². The molecule has 0 heterocycles. The average molecular weight is 303 g/mol. The van der Waals surface area contributed by atoms with E-state index in [-0.39, 0.29) is 0 Å². The maximum Gasteiger partial charge on any atom is 0.150 e. The minimum absolute atomic E-state index is 0.802. The van der Waals surface area contributed by atoms with Crippen molar-refractivity contribution in [3.63, 3.8) is 0 Å². The van der Waals surface area contributed by atoms with Gasteiger partial charge in [0.25, 0.3) is 0 Å². The average Bonchev–Trinajstić information content (AvgIpc) is 2.56. The van der Waals surface area contributed by atoms with Crippen molar-refractivity contribution in [2.45, 2.75) is 90.4 Å². The Morgan fingerprint density at radius 2 is 1.32 bits per heavy atom. The van der Waals surface area contributed by atoms with Crippen molar-refractivity contribution in [1.29, 1.82) is 0 Å². The lowest BCUT2D eigenvalue weighted by atomic mass is 10.0. The van der Waals surface area contributed by atoms with Crippen LogP contribution >= 0.6 is 0 Å². The van der Waals surface area contributed by atoms with Gasteiger partial charge in [0, 0.05) is 5.56 Å². The third-order valence-corrected chi connectivity index (χ3v) is 4.41. The highest BCUT2D eigenvalue weighted by atomic mass is 16.1. The van der Waals surface area contributed by atoms with Crippen molar-refractivity contribution in [3.8, 4) is 0 Å². The molecule has 0 saturated heterocycles. The lowest BCUT2D eigenvalue weighted by Crippen LogP contribution is -1.89. The Labute approximate surface area is 137 Å². The van der Waals surface area contributed by atoms with Crippen molar-refractivity contribution in [3.05, 3.63) is 35.4 Å². The zero-order chi connectivity index (χ0) is 15.9. The quantitative estimate of drug-likeness (QED) is 0.274. The molecule has 0 radical (unpaired) electrons. The summed E-state index contributed by atoms with van der Waals surface area (Å²) in [5, 5.41) is 0. The highest BCUT2D eigenvalue weighted by Gasteiger charge is 1.97. The van der Waals surface area contributed by atoms with Crippen LogP contribution in [0.25, 0.3) is 0 Å². The molecule has 0 aliphatic heterocycles. The molecule has 1 rings (SSSR count). The first-order valence-corrected chi connectivity index (χ1v) is 9.41. The van der Waals surface area contributed by atoms with Crippen molar-refractivity contribution in [2.24, 2.45) is 0 Å². The van der Waals surface area contributed by atoms with Gasteiger partial charge in [0.2, 0.25) is 0 Å². The lowest BCUT2D eigenvalue weighted by Gasteiger charge is -2.04. The van der Waals surface area contributed by atoms with E-state index in [4.69, 9.17) is 0 Å². The second-order valence-corrected chi connectivity index (χ2v) is 6.50. The molecule has 0 spiro atoms. The van der Waals surface area contributed by atoms with Crippen molar-refractivity contribution in [1.82, 2.24) is 0 Å². The van der Waals surface area contributed by atoms with Crippen LogP contribution in [0, 0.1) is 0 Å². The van der Waals surface area contributed by atoms with Crippen LogP contribution in [0.5, 0.6) is 0 Å². The van der Waals surface area contributed by atoms with Gasteiger partial charge in [0.05, 0.1) is 0 Å². The molecule has 1 aromatic carbocycles. The maximum atomic E-state index is 10.7. The molecule has 1 nitrogen and oxygen atoms in total. The Balaban J connectivity index is 1.88. The predicted octanol–water partition coefficient (Wildman–Crippen LogP) is 6.74. The topological polar surface area (TPSA) is 17.1 Å². The molecule has 0 amide bonds. The Morgan fingerprint density at radius 1 is 0.773 bits per heavy atom. The third kappa shape index (κ3) is 9.76. The molecular formula is C21H34O. The van der Waals surface area contributed by atoms with Crippen molar-refractivity contribution in [2.75, 3.05) is 0 Å². The molecule has 0 saturated carbocycles. The number of aldehydes is 1. The number of hydrogen-bond acceptors (Lipinski definition) is 1. The van der Waals surface area contributed by atoms with Gasteiger partial charge in [-0.15, -0.1) is 0 Å². The number of hydrogen-bond donors (Lipinski definition) is 0. The first-order valence-electron chi connectivity index (χ1n) is 9.41. The monoisotopic (exact) mass is 302 g/mol. The van der Waals surface area contributed by atoms with Crippen LogP contribution in [0.1, 0.15) is 99.9 Å². The lowest BCUT2D eigenvalue weighted by molar-refractivity contribution is 0.112. The maximum absolute atomic E-state index is 10.7. The number of rotatable bonds is 14. The normalized spacial score (nSPS) is 10.8. The van der Waals surface area contributed by atoms with Crippen molar-refractivity contribution < 1.29 is 4.79 Å². The van der Waals surface area contributed by atoms with Gasteiger partial charge in [0.15, 0.2) is 0 Å². The van der Waals surface area contributed by atoms with Crippen LogP contribution in [0.3, 0.4) is 0 Å². The fourth-order valence-corrected chi connectivity index (χ4v) is 2.99. The molecule has 0 aromatic heterocycles. The fourth-order valence-electron chi connectivity index (χ4n) is 2.99. The van der Waals surface area contributed by atoms with E-state index in [1.807, 2.05) is 18.2 Å². The molecule has 0 atom stereocenters. The summed E-state index contributed by atoms with van der Waals surface area (Å²) in [6.45, 7) is 2.28. The second kappa shape index (κ2) is 13.5. The summed E-state index contributed by atoms with van der Waals surface area (Å²) in [4.78, 5) is 10.7. The van der Waals surface area contributed by atoms with Gasteiger partial charge >= 0.3 is 0 Å². The summed E-state index contributed by atoms with van der Waals surface area (Å²) in [7, 11) is 0. The zero-order valence-electron chi connectivity index (χ0n) is 14.5. The third-order valence-electron chi connectivity index (χ3n) is 4.41. The largest absolute Gasteiger partial charge is 0.298 e. The van der Waals surface area contributed by atoms with E-state index in [9.17, 15) is 4.79 Å². The number of unbranched alkanes of at least 4 members (excludes halogenated alkanes) is 11. The van der Waals surface area contributed by atoms with Crippen LogP contribution in [0.15, 0.2) is 24.3 Å². The van der Waals surface area contributed by atoms with Gasteiger partial charge in [-0.1, -0.05) is 95.8 Å². The summed E-state index contributed by atoms with van der Waals surface area (Å²) < 4.78 is 0. The number of benzene rings is 1. The molecule has 0 fully saturated rings. The van der Waals surface area contributed by atoms with Gasteiger partial charge in [-0.3, -0.25) is 4.79 Å². The van der Waals surface area contributed by atoms with Gasteiger partial charge in [-0.05, 0) is 24.5 Å². The van der Waals surface area contributed by atoms with Crippen molar-refractivity contribution >= 4 is 6.29 Å². The molecule has 124 valence electrons. The Hall–Kier alpha value is -1.11. The van der Waals surface area contributed by atoms with Gasteiger partial charge in [0.1, 0.15) is 6.29 Å². The molecule has 0 aliphatic carbocycles. The summed E-state index contributed by atoms with van der Waals surface area (Å²) in [5.41, 5.74) is 2.10. The molecule has 1 aromatic rings. The van der Waals surface area contributed by atoms with Crippen LogP contribution in [0.2, 0.25) is 0 Å². The minimum Gasteiger partial charge on any atom is -0.298 e. The summed E-state index contributed by atoms with van der Waals surface area (Å²) in [6, 6.07) is 8.01. The second-order valence-electron chi connectivity index (χ2n) is 6.50. The Kier molecular flexibility index (Phi) is 11.7. The van der Waals surface area contributed by atoms with E-state index in [1.165, 1.54) is 82.6 Å². The molecule has 0 aliphatic rings. The summed E-state index contributed by atoms with van der Waals surface area (Å²) in [5.74, 6) is 0. The molecule has 22 heavy (non-hydrogen) atoms. The zero-order valence-corrected chi connectivity index (χ0v) is 14.5. The first kappa shape index (κ1) is 18.9. The molecular weight excluding hydrogens is 268 g/mol. The van der Waals surface area contributed by atoms with E-state index >= 15 is 0 Å². The van der Waals surface area contributed by atoms with Crippen LogP contribution in [-0.4, -0.2) is 6.29 Å². The van der Waals surface area contributed by atoms with E-state index in [1.54, 1.807) is 0 Å². The van der Waals surface area contributed by atoms with Crippen LogP contribution in [-0.2, 0) is 6.42 Å².